The highest BCUT2D eigenvalue weighted by atomic mass is 16.5. The van der Waals surface area contributed by atoms with Crippen molar-refractivity contribution < 1.29 is 9.84 Å². The zero-order valence-corrected chi connectivity index (χ0v) is 12.1. The topological polar surface area (TPSA) is 42.4 Å². The van der Waals surface area contributed by atoms with Gasteiger partial charge in [-0.25, -0.2) is 0 Å². The molecule has 3 nitrogen and oxygen atoms in total. The minimum absolute atomic E-state index is 0.478. The van der Waals surface area contributed by atoms with E-state index in [9.17, 15) is 5.11 Å². The minimum atomic E-state index is -0.527. The van der Waals surface area contributed by atoms with Crippen LogP contribution < -0.4 is 4.74 Å². The van der Waals surface area contributed by atoms with E-state index in [-0.39, 0.29) is 0 Å². The lowest BCUT2D eigenvalue weighted by atomic mass is 9.80. The van der Waals surface area contributed by atoms with Crippen molar-refractivity contribution >= 4 is 0 Å². The first-order valence-corrected chi connectivity index (χ1v) is 7.25. The van der Waals surface area contributed by atoms with Crippen molar-refractivity contribution in [3.8, 4) is 5.75 Å². The average Bonchev–Trinajstić information content (AvgIpc) is 2.93. The number of fused-ring (bicyclic) bond motifs is 2. The van der Waals surface area contributed by atoms with Crippen molar-refractivity contribution in [2.75, 3.05) is 7.11 Å². The summed E-state index contributed by atoms with van der Waals surface area (Å²) in [6.45, 7) is 4.06. The third-order valence-corrected chi connectivity index (χ3v) is 5.17. The van der Waals surface area contributed by atoms with Gasteiger partial charge in [0.05, 0.1) is 12.7 Å². The number of hydrogen-bond donors (Lipinski definition) is 1. The van der Waals surface area contributed by atoms with Crippen LogP contribution in [0.3, 0.4) is 0 Å². The maximum atomic E-state index is 10.9. The number of aliphatic hydroxyl groups is 1. The minimum Gasteiger partial charge on any atom is -0.496 e. The van der Waals surface area contributed by atoms with E-state index in [1.807, 2.05) is 20.0 Å². The Bertz CT molecular complexity index is 500. The molecule has 2 fully saturated rings. The molecule has 1 aromatic rings. The van der Waals surface area contributed by atoms with Crippen molar-refractivity contribution in [3.63, 3.8) is 0 Å². The highest BCUT2D eigenvalue weighted by Gasteiger charge is 2.50. The Morgan fingerprint density at radius 1 is 1.42 bits per heavy atom. The molecule has 0 aliphatic heterocycles. The molecule has 0 radical (unpaired) electrons. The lowest BCUT2D eigenvalue weighted by Crippen LogP contribution is -2.38. The fraction of sp³-hybridized carbons (Fsp3) is 0.688. The second-order valence-electron chi connectivity index (χ2n) is 6.41. The van der Waals surface area contributed by atoms with E-state index >= 15 is 0 Å². The van der Waals surface area contributed by atoms with E-state index < -0.39 is 5.60 Å². The number of aromatic nitrogens is 1. The summed E-state index contributed by atoms with van der Waals surface area (Å²) in [7, 11) is 1.70. The van der Waals surface area contributed by atoms with Crippen molar-refractivity contribution in [3.05, 3.63) is 23.0 Å². The van der Waals surface area contributed by atoms with Crippen molar-refractivity contribution in [1.82, 2.24) is 4.98 Å². The van der Waals surface area contributed by atoms with E-state index in [4.69, 9.17) is 4.74 Å². The fourth-order valence-electron chi connectivity index (χ4n) is 4.17. The molecular formula is C16H23NO2. The zero-order chi connectivity index (χ0) is 13.6. The van der Waals surface area contributed by atoms with Crippen LogP contribution >= 0.6 is 0 Å². The molecule has 1 heterocycles. The number of nitrogens with zero attached hydrogens (tertiary/aromatic N) is 1. The predicted octanol–water partition coefficient (Wildman–Crippen LogP) is 2.80. The second kappa shape index (κ2) is 4.48. The lowest BCUT2D eigenvalue weighted by Gasteiger charge is -2.32. The van der Waals surface area contributed by atoms with Crippen LogP contribution in [-0.2, 0) is 6.42 Å². The third-order valence-electron chi connectivity index (χ3n) is 5.17. The monoisotopic (exact) mass is 261 g/mol. The van der Waals surface area contributed by atoms with Gasteiger partial charge in [0.15, 0.2) is 0 Å². The molecule has 2 aliphatic carbocycles. The fourth-order valence-corrected chi connectivity index (χ4v) is 4.17. The van der Waals surface area contributed by atoms with Gasteiger partial charge in [0, 0.05) is 29.4 Å². The number of ether oxygens (including phenoxy) is 1. The van der Waals surface area contributed by atoms with Gasteiger partial charge in [-0.15, -0.1) is 0 Å². The summed E-state index contributed by atoms with van der Waals surface area (Å²) in [5.41, 5.74) is 2.61. The first-order valence-electron chi connectivity index (χ1n) is 7.25. The van der Waals surface area contributed by atoms with Crippen LogP contribution in [0.4, 0.5) is 0 Å². The van der Waals surface area contributed by atoms with Crippen LogP contribution in [0.5, 0.6) is 5.75 Å². The first-order chi connectivity index (χ1) is 9.03. The highest BCUT2D eigenvalue weighted by Crippen LogP contribution is 2.52. The quantitative estimate of drug-likeness (QED) is 0.909. The molecule has 2 bridgehead atoms. The Labute approximate surface area is 115 Å². The van der Waals surface area contributed by atoms with Crippen LogP contribution in [0.25, 0.3) is 0 Å². The number of pyridine rings is 1. The number of aryl methyl sites for hydroxylation is 1. The Balaban J connectivity index is 1.88. The number of methoxy groups -OCH3 is 1. The van der Waals surface area contributed by atoms with Crippen molar-refractivity contribution in [2.24, 2.45) is 11.8 Å². The van der Waals surface area contributed by atoms with Gasteiger partial charge in [0.2, 0.25) is 0 Å². The molecule has 3 atom stereocenters. The molecule has 2 aliphatic rings. The van der Waals surface area contributed by atoms with Crippen LogP contribution in [0.2, 0.25) is 0 Å². The van der Waals surface area contributed by atoms with Gasteiger partial charge < -0.3 is 9.84 Å². The van der Waals surface area contributed by atoms with Crippen LogP contribution in [0, 0.1) is 25.7 Å². The summed E-state index contributed by atoms with van der Waals surface area (Å²) < 4.78 is 5.45. The van der Waals surface area contributed by atoms with Crippen molar-refractivity contribution in [1.29, 1.82) is 0 Å². The molecule has 0 spiro atoms. The largest absolute Gasteiger partial charge is 0.496 e. The summed E-state index contributed by atoms with van der Waals surface area (Å²) in [5, 5.41) is 10.9. The molecule has 3 unspecified atom stereocenters. The SMILES string of the molecule is COc1c(C)cnc(CC2(O)CC3CCC2C3)c1C. The van der Waals surface area contributed by atoms with Gasteiger partial charge in [-0.1, -0.05) is 0 Å². The maximum absolute atomic E-state index is 10.9. The Hall–Kier alpha value is -1.09. The summed E-state index contributed by atoms with van der Waals surface area (Å²) in [4.78, 5) is 4.54. The number of hydrogen-bond acceptors (Lipinski definition) is 3. The summed E-state index contributed by atoms with van der Waals surface area (Å²) in [6.07, 6.45) is 7.18. The van der Waals surface area contributed by atoms with E-state index in [0.717, 1.165) is 34.9 Å². The normalized spacial score (nSPS) is 32.8. The lowest BCUT2D eigenvalue weighted by molar-refractivity contribution is -0.0134. The predicted molar refractivity (Wildman–Crippen MR) is 74.4 cm³/mol. The molecule has 19 heavy (non-hydrogen) atoms. The smallest absolute Gasteiger partial charge is 0.128 e. The van der Waals surface area contributed by atoms with Gasteiger partial charge in [-0.3, -0.25) is 4.98 Å². The van der Waals surface area contributed by atoms with E-state index in [1.54, 1.807) is 7.11 Å². The summed E-state index contributed by atoms with van der Waals surface area (Å²) in [6, 6.07) is 0. The molecule has 0 aromatic carbocycles. The average molecular weight is 261 g/mol. The van der Waals surface area contributed by atoms with E-state index in [0.29, 0.717) is 12.3 Å². The number of rotatable bonds is 3. The molecule has 0 saturated heterocycles. The molecule has 0 amide bonds. The highest BCUT2D eigenvalue weighted by molar-refractivity contribution is 5.41. The van der Waals surface area contributed by atoms with Crippen LogP contribution in [-0.4, -0.2) is 22.8 Å². The van der Waals surface area contributed by atoms with E-state index in [1.165, 1.54) is 19.3 Å². The van der Waals surface area contributed by atoms with Crippen LogP contribution in [0.15, 0.2) is 6.20 Å². The molecule has 2 saturated carbocycles. The zero-order valence-electron chi connectivity index (χ0n) is 12.1. The van der Waals surface area contributed by atoms with Crippen molar-refractivity contribution in [2.45, 2.75) is 51.6 Å². The van der Waals surface area contributed by atoms with Gasteiger partial charge in [0.1, 0.15) is 5.75 Å². The Kier molecular flexibility index (Phi) is 3.05. The molecule has 1 aromatic heterocycles. The summed E-state index contributed by atoms with van der Waals surface area (Å²) >= 11 is 0. The second-order valence-corrected chi connectivity index (χ2v) is 6.41. The van der Waals surface area contributed by atoms with Gasteiger partial charge in [-0.2, -0.15) is 0 Å². The third kappa shape index (κ3) is 2.04. The standard InChI is InChI=1S/C16H23NO2/c1-10-9-17-14(11(2)15(10)19-3)8-16(18)7-12-4-5-13(16)6-12/h9,12-13,18H,4-8H2,1-3H3. The van der Waals surface area contributed by atoms with Crippen LogP contribution in [0.1, 0.15) is 42.5 Å². The maximum Gasteiger partial charge on any atom is 0.128 e. The van der Waals surface area contributed by atoms with E-state index in [2.05, 4.69) is 4.98 Å². The molecule has 1 N–H and O–H groups in total. The van der Waals surface area contributed by atoms with Gasteiger partial charge in [-0.05, 0) is 51.4 Å². The van der Waals surface area contributed by atoms with Gasteiger partial charge in [0.25, 0.3) is 0 Å². The molecule has 104 valence electrons. The Morgan fingerprint density at radius 3 is 2.79 bits per heavy atom. The molecule has 3 rings (SSSR count). The van der Waals surface area contributed by atoms with Gasteiger partial charge >= 0.3 is 0 Å². The Morgan fingerprint density at radius 2 is 2.21 bits per heavy atom. The molecule has 3 heteroatoms. The molecular weight excluding hydrogens is 238 g/mol. The summed E-state index contributed by atoms with van der Waals surface area (Å²) in [5.74, 6) is 2.13. The first kappa shape index (κ1) is 12.9.